The summed E-state index contributed by atoms with van der Waals surface area (Å²) >= 11 is 1.10. The number of halogens is 1. The lowest BCUT2D eigenvalue weighted by molar-refractivity contribution is 0.0689. The Morgan fingerprint density at radius 3 is 2.83 bits per heavy atom. The van der Waals surface area contributed by atoms with Gasteiger partial charge in [0, 0.05) is 13.1 Å². The summed E-state index contributed by atoms with van der Waals surface area (Å²) in [5, 5.41) is 9.96. The van der Waals surface area contributed by atoms with Gasteiger partial charge in [0.1, 0.15) is 5.82 Å². The zero-order chi connectivity index (χ0) is 17.5. The zero-order valence-electron chi connectivity index (χ0n) is 12.8. The molecule has 0 radical (unpaired) electrons. The molecule has 128 valence electrons. The molecule has 0 amide bonds. The van der Waals surface area contributed by atoms with Gasteiger partial charge < -0.3 is 5.11 Å². The van der Waals surface area contributed by atoms with Crippen LogP contribution in [0.15, 0.2) is 22.5 Å². The first-order valence-corrected chi connectivity index (χ1v) is 9.58. The van der Waals surface area contributed by atoms with Crippen LogP contribution in [0.3, 0.4) is 0 Å². The van der Waals surface area contributed by atoms with Gasteiger partial charge in [0.15, 0.2) is 4.21 Å². The number of thiazole rings is 1. The zero-order valence-corrected chi connectivity index (χ0v) is 14.5. The van der Waals surface area contributed by atoms with Crippen molar-refractivity contribution in [2.45, 2.75) is 30.5 Å². The minimum Gasteiger partial charge on any atom is -0.478 e. The van der Waals surface area contributed by atoms with Crippen molar-refractivity contribution in [2.75, 3.05) is 6.54 Å². The Bertz CT molecular complexity index is 908. The van der Waals surface area contributed by atoms with E-state index in [0.29, 0.717) is 23.4 Å². The van der Waals surface area contributed by atoms with E-state index in [0.717, 1.165) is 17.4 Å². The summed E-state index contributed by atoms with van der Waals surface area (Å²) < 4.78 is 40.7. The molecule has 1 aromatic heterocycles. The lowest BCUT2D eigenvalue weighted by Crippen LogP contribution is -2.36. The van der Waals surface area contributed by atoms with Gasteiger partial charge in [-0.15, -0.1) is 11.3 Å². The molecule has 9 heteroatoms. The van der Waals surface area contributed by atoms with Gasteiger partial charge >= 0.3 is 5.97 Å². The molecule has 0 atom stereocenters. The monoisotopic (exact) mass is 370 g/mol. The first-order valence-electron chi connectivity index (χ1n) is 7.33. The van der Waals surface area contributed by atoms with E-state index in [2.05, 4.69) is 4.98 Å². The summed E-state index contributed by atoms with van der Waals surface area (Å²) in [6.45, 7) is 1.95. The second-order valence-electron chi connectivity index (χ2n) is 5.38. The lowest BCUT2D eigenvalue weighted by Gasteiger charge is -2.28. The van der Waals surface area contributed by atoms with Crippen molar-refractivity contribution in [2.24, 2.45) is 0 Å². The molecular formula is C15H15FN2O4S2. The largest absolute Gasteiger partial charge is 0.478 e. The SMILES string of the molecule is CCc1ncc(S(=O)(=O)N2CCc3ccc(F)c(C(=O)O)c3C2)s1. The molecule has 0 saturated carbocycles. The standard InChI is InChI=1S/C15H15FN2O4S2/c1-2-12-17-7-13(23-12)24(21,22)18-6-5-9-3-4-11(16)14(15(19)20)10(9)8-18/h3-4,7H,2,5-6,8H2,1H3,(H,19,20). The first-order chi connectivity index (χ1) is 11.3. The number of benzene rings is 1. The predicted molar refractivity (Wildman–Crippen MR) is 86.2 cm³/mol. The van der Waals surface area contributed by atoms with E-state index in [1.807, 2.05) is 6.92 Å². The second-order valence-corrected chi connectivity index (χ2v) is 8.66. The van der Waals surface area contributed by atoms with Crippen LogP contribution in [0.25, 0.3) is 0 Å². The molecule has 0 bridgehead atoms. The van der Waals surface area contributed by atoms with Crippen molar-refractivity contribution in [3.63, 3.8) is 0 Å². The van der Waals surface area contributed by atoms with Gasteiger partial charge in [-0.2, -0.15) is 4.31 Å². The Balaban J connectivity index is 2.00. The maximum atomic E-state index is 13.9. The quantitative estimate of drug-likeness (QED) is 0.892. The van der Waals surface area contributed by atoms with Gasteiger partial charge in [0.05, 0.1) is 16.8 Å². The molecule has 0 spiro atoms. The Labute approximate surface area is 142 Å². The van der Waals surface area contributed by atoms with Gasteiger partial charge in [0.2, 0.25) is 0 Å². The molecular weight excluding hydrogens is 355 g/mol. The number of carboxylic acids is 1. The molecule has 24 heavy (non-hydrogen) atoms. The van der Waals surface area contributed by atoms with E-state index < -0.39 is 27.4 Å². The number of aromatic nitrogens is 1. The second kappa shape index (κ2) is 6.23. The van der Waals surface area contributed by atoms with Crippen LogP contribution in [0.2, 0.25) is 0 Å². The van der Waals surface area contributed by atoms with Crippen molar-refractivity contribution in [3.8, 4) is 0 Å². The van der Waals surface area contributed by atoms with Crippen LogP contribution in [0.5, 0.6) is 0 Å². The third kappa shape index (κ3) is 2.83. The van der Waals surface area contributed by atoms with Gasteiger partial charge in [-0.25, -0.2) is 22.6 Å². The smallest absolute Gasteiger partial charge is 0.339 e. The Kier molecular flexibility index (Phi) is 4.41. The summed E-state index contributed by atoms with van der Waals surface area (Å²) in [7, 11) is -3.78. The summed E-state index contributed by atoms with van der Waals surface area (Å²) in [5.41, 5.74) is 0.433. The molecule has 3 rings (SSSR count). The van der Waals surface area contributed by atoms with E-state index in [9.17, 15) is 22.7 Å². The normalized spacial score (nSPS) is 15.2. The number of sulfonamides is 1. The lowest BCUT2D eigenvalue weighted by atomic mass is 9.95. The molecule has 1 aromatic carbocycles. The first kappa shape index (κ1) is 17.0. The van der Waals surface area contributed by atoms with Crippen molar-refractivity contribution in [3.05, 3.63) is 45.8 Å². The third-order valence-electron chi connectivity index (χ3n) is 3.97. The fourth-order valence-electron chi connectivity index (χ4n) is 2.72. The molecule has 2 aromatic rings. The van der Waals surface area contributed by atoms with E-state index in [4.69, 9.17) is 0 Å². The summed E-state index contributed by atoms with van der Waals surface area (Å²) in [6.07, 6.45) is 2.30. The maximum Gasteiger partial charge on any atom is 0.339 e. The number of aryl methyl sites for hydroxylation is 1. The highest BCUT2D eigenvalue weighted by atomic mass is 32.2. The number of hydrogen-bond acceptors (Lipinski definition) is 5. The van der Waals surface area contributed by atoms with Gasteiger partial charge in [-0.1, -0.05) is 13.0 Å². The van der Waals surface area contributed by atoms with E-state index >= 15 is 0 Å². The van der Waals surface area contributed by atoms with E-state index in [1.54, 1.807) is 0 Å². The average Bonchev–Trinajstić information content (AvgIpc) is 3.03. The maximum absolute atomic E-state index is 13.9. The number of carboxylic acid groups (broad SMARTS) is 1. The highest BCUT2D eigenvalue weighted by Gasteiger charge is 2.33. The summed E-state index contributed by atoms with van der Waals surface area (Å²) in [4.78, 5) is 15.4. The molecule has 1 N–H and O–H groups in total. The predicted octanol–water partition coefficient (Wildman–Crippen LogP) is 2.29. The highest BCUT2D eigenvalue weighted by molar-refractivity contribution is 7.91. The molecule has 1 aliphatic rings. The molecule has 2 heterocycles. The third-order valence-corrected chi connectivity index (χ3v) is 7.39. The molecule has 0 saturated heterocycles. The van der Waals surface area contributed by atoms with Crippen LogP contribution < -0.4 is 0 Å². The van der Waals surface area contributed by atoms with Gasteiger partial charge in [-0.05, 0) is 30.0 Å². The highest BCUT2D eigenvalue weighted by Crippen LogP contribution is 2.30. The fraction of sp³-hybridized carbons (Fsp3) is 0.333. The average molecular weight is 370 g/mol. The van der Waals surface area contributed by atoms with E-state index in [-0.39, 0.29) is 22.9 Å². The van der Waals surface area contributed by atoms with Crippen LogP contribution in [0.1, 0.15) is 33.4 Å². The number of nitrogens with zero attached hydrogens (tertiary/aromatic N) is 2. The van der Waals surface area contributed by atoms with E-state index in [1.165, 1.54) is 16.6 Å². The van der Waals surface area contributed by atoms with Gasteiger partial charge in [0.25, 0.3) is 10.0 Å². The van der Waals surface area contributed by atoms with Crippen molar-refractivity contribution in [1.29, 1.82) is 0 Å². The Morgan fingerprint density at radius 1 is 1.46 bits per heavy atom. The van der Waals surface area contributed by atoms with Crippen LogP contribution in [-0.4, -0.2) is 35.3 Å². The molecule has 0 aliphatic carbocycles. The molecule has 0 fully saturated rings. The minimum atomic E-state index is -3.78. The molecule has 6 nitrogen and oxygen atoms in total. The minimum absolute atomic E-state index is 0.121. The van der Waals surface area contributed by atoms with Crippen molar-refractivity contribution >= 4 is 27.3 Å². The number of rotatable bonds is 4. The Hall–Kier alpha value is -1.84. The van der Waals surface area contributed by atoms with Crippen LogP contribution in [-0.2, 0) is 29.4 Å². The number of aromatic carboxylic acids is 1. The Morgan fingerprint density at radius 2 is 2.21 bits per heavy atom. The number of hydrogen-bond donors (Lipinski definition) is 1. The summed E-state index contributed by atoms with van der Waals surface area (Å²) in [6, 6.07) is 2.63. The molecule has 1 aliphatic heterocycles. The van der Waals surface area contributed by atoms with Crippen LogP contribution >= 0.6 is 11.3 Å². The van der Waals surface area contributed by atoms with Crippen LogP contribution in [0.4, 0.5) is 4.39 Å². The number of carbonyl (C=O) groups is 1. The van der Waals surface area contributed by atoms with Gasteiger partial charge in [-0.3, -0.25) is 0 Å². The van der Waals surface area contributed by atoms with Crippen molar-refractivity contribution in [1.82, 2.24) is 9.29 Å². The fourth-order valence-corrected chi connectivity index (χ4v) is 5.40. The summed E-state index contributed by atoms with van der Waals surface area (Å²) in [5.74, 6) is -2.25. The topological polar surface area (TPSA) is 87.6 Å². The molecule has 0 unspecified atom stereocenters. The number of fused-ring (bicyclic) bond motifs is 1. The van der Waals surface area contributed by atoms with Crippen molar-refractivity contribution < 1.29 is 22.7 Å². The van der Waals surface area contributed by atoms with Crippen LogP contribution in [0, 0.1) is 5.82 Å².